The van der Waals surface area contributed by atoms with Crippen molar-refractivity contribution in [3.8, 4) is 0 Å². The molecule has 0 atom stereocenters. The van der Waals surface area contributed by atoms with Crippen molar-refractivity contribution in [2.75, 3.05) is 18.0 Å². The third kappa shape index (κ3) is 1.56. The van der Waals surface area contributed by atoms with E-state index >= 15 is 0 Å². The van der Waals surface area contributed by atoms with E-state index in [-0.39, 0.29) is 5.56 Å². The fourth-order valence-electron chi connectivity index (χ4n) is 2.16. The molecule has 0 aliphatic carbocycles. The Morgan fingerprint density at radius 1 is 1.25 bits per heavy atom. The van der Waals surface area contributed by atoms with Crippen LogP contribution >= 0.6 is 0 Å². The van der Waals surface area contributed by atoms with E-state index in [2.05, 4.69) is 14.9 Å². The van der Waals surface area contributed by atoms with E-state index < -0.39 is 0 Å². The molecule has 4 nitrogen and oxygen atoms in total. The van der Waals surface area contributed by atoms with Crippen LogP contribution in [0, 0.1) is 0 Å². The second-order valence-electron chi connectivity index (χ2n) is 4.15. The van der Waals surface area contributed by atoms with Crippen LogP contribution in [0.1, 0.15) is 12.8 Å². The number of nitrogens with one attached hydrogen (secondary N) is 1. The molecule has 3 heterocycles. The van der Waals surface area contributed by atoms with Gasteiger partial charge in [-0.25, -0.2) is 4.98 Å². The summed E-state index contributed by atoms with van der Waals surface area (Å²) in [6.45, 7) is 2.17. The van der Waals surface area contributed by atoms with E-state index in [0.29, 0.717) is 0 Å². The van der Waals surface area contributed by atoms with Crippen molar-refractivity contribution in [3.63, 3.8) is 0 Å². The molecule has 0 aromatic carbocycles. The van der Waals surface area contributed by atoms with E-state index in [1.807, 2.05) is 12.1 Å². The fraction of sp³-hybridized carbons (Fsp3) is 0.333. The lowest BCUT2D eigenvalue weighted by atomic mass is 10.2. The van der Waals surface area contributed by atoms with E-state index in [4.69, 9.17) is 0 Å². The van der Waals surface area contributed by atoms with Crippen LogP contribution in [-0.2, 0) is 0 Å². The van der Waals surface area contributed by atoms with Gasteiger partial charge in [0.1, 0.15) is 5.82 Å². The summed E-state index contributed by atoms with van der Waals surface area (Å²) in [6.07, 6.45) is 4.22. The normalized spacial score (nSPS) is 15.9. The van der Waals surface area contributed by atoms with Crippen molar-refractivity contribution in [3.05, 3.63) is 34.7 Å². The van der Waals surface area contributed by atoms with Crippen LogP contribution < -0.4 is 10.5 Å². The Bertz CT molecular complexity index is 570. The topological polar surface area (TPSA) is 49.0 Å². The molecule has 3 rings (SSSR count). The lowest BCUT2D eigenvalue weighted by Crippen LogP contribution is -2.18. The summed E-state index contributed by atoms with van der Waals surface area (Å²) in [5.74, 6) is 1.01. The summed E-state index contributed by atoms with van der Waals surface area (Å²) in [6, 6.07) is 5.43. The summed E-state index contributed by atoms with van der Waals surface area (Å²) < 4.78 is 0. The molecule has 0 unspecified atom stereocenters. The molecule has 4 heteroatoms. The predicted molar refractivity (Wildman–Crippen MR) is 63.8 cm³/mol. The average molecular weight is 215 g/mol. The Morgan fingerprint density at radius 3 is 2.88 bits per heavy atom. The standard InChI is InChI=1S/C12H13N3O/c16-12-4-3-9-7-11(13-8-10(9)14-12)15-5-1-2-6-15/h3-4,7-8H,1-2,5-6H2,(H,14,16). The fourth-order valence-corrected chi connectivity index (χ4v) is 2.16. The highest BCUT2D eigenvalue weighted by Gasteiger charge is 2.13. The molecular weight excluding hydrogens is 202 g/mol. The SMILES string of the molecule is O=c1ccc2cc(N3CCCC3)ncc2[nH]1. The number of aromatic nitrogens is 2. The molecular formula is C12H13N3O. The van der Waals surface area contributed by atoms with Gasteiger partial charge in [0.25, 0.3) is 0 Å². The highest BCUT2D eigenvalue weighted by molar-refractivity contribution is 5.80. The molecule has 0 saturated carbocycles. The summed E-state index contributed by atoms with van der Waals surface area (Å²) in [7, 11) is 0. The van der Waals surface area contributed by atoms with Crippen LogP contribution in [0.5, 0.6) is 0 Å². The summed E-state index contributed by atoms with van der Waals surface area (Å²) in [5.41, 5.74) is 0.721. The Hall–Kier alpha value is -1.84. The molecule has 1 N–H and O–H groups in total. The molecule has 2 aromatic rings. The first-order valence-corrected chi connectivity index (χ1v) is 5.57. The molecule has 1 saturated heterocycles. The Kier molecular flexibility index (Phi) is 2.13. The number of hydrogen-bond acceptors (Lipinski definition) is 3. The van der Waals surface area contributed by atoms with Gasteiger partial charge in [0.2, 0.25) is 5.56 Å². The number of hydrogen-bond donors (Lipinski definition) is 1. The van der Waals surface area contributed by atoms with Gasteiger partial charge in [0, 0.05) is 24.5 Å². The molecule has 2 aromatic heterocycles. The third-order valence-electron chi connectivity index (χ3n) is 3.02. The quantitative estimate of drug-likeness (QED) is 0.784. The molecule has 1 aliphatic rings. The van der Waals surface area contributed by atoms with Gasteiger partial charge in [-0.3, -0.25) is 4.79 Å². The highest BCUT2D eigenvalue weighted by atomic mass is 16.1. The van der Waals surface area contributed by atoms with Crippen LogP contribution in [0.25, 0.3) is 10.9 Å². The second kappa shape index (κ2) is 3.63. The zero-order chi connectivity index (χ0) is 11.0. The van der Waals surface area contributed by atoms with Crippen LogP contribution in [0.15, 0.2) is 29.2 Å². The molecule has 0 spiro atoms. The molecule has 0 bridgehead atoms. The Labute approximate surface area is 92.9 Å². The van der Waals surface area contributed by atoms with E-state index in [1.165, 1.54) is 12.8 Å². The minimum absolute atomic E-state index is 0.0803. The maximum Gasteiger partial charge on any atom is 0.248 e. The molecule has 1 aliphatic heterocycles. The Balaban J connectivity index is 2.08. The average Bonchev–Trinajstić information content (AvgIpc) is 2.82. The highest BCUT2D eigenvalue weighted by Crippen LogP contribution is 2.20. The smallest absolute Gasteiger partial charge is 0.248 e. The second-order valence-corrected chi connectivity index (χ2v) is 4.15. The zero-order valence-corrected chi connectivity index (χ0v) is 8.94. The van der Waals surface area contributed by atoms with Crippen LogP contribution in [0.3, 0.4) is 0 Å². The van der Waals surface area contributed by atoms with Gasteiger partial charge >= 0.3 is 0 Å². The van der Waals surface area contributed by atoms with Crippen molar-refractivity contribution >= 4 is 16.7 Å². The maximum absolute atomic E-state index is 11.1. The van der Waals surface area contributed by atoms with Gasteiger partial charge in [-0.15, -0.1) is 0 Å². The van der Waals surface area contributed by atoms with Crippen LogP contribution in [0.4, 0.5) is 5.82 Å². The third-order valence-corrected chi connectivity index (χ3v) is 3.02. The summed E-state index contributed by atoms with van der Waals surface area (Å²) in [5, 5.41) is 1.04. The minimum atomic E-state index is -0.0803. The summed E-state index contributed by atoms with van der Waals surface area (Å²) in [4.78, 5) is 20.6. The number of rotatable bonds is 1. The summed E-state index contributed by atoms with van der Waals surface area (Å²) >= 11 is 0. The van der Waals surface area contributed by atoms with Crippen molar-refractivity contribution in [2.45, 2.75) is 12.8 Å². The lowest BCUT2D eigenvalue weighted by molar-refractivity contribution is 0.940. The van der Waals surface area contributed by atoms with Crippen molar-refractivity contribution < 1.29 is 0 Å². The van der Waals surface area contributed by atoms with E-state index in [1.54, 1.807) is 12.3 Å². The number of fused-ring (bicyclic) bond motifs is 1. The van der Waals surface area contributed by atoms with Gasteiger partial charge < -0.3 is 9.88 Å². The van der Waals surface area contributed by atoms with E-state index in [9.17, 15) is 4.79 Å². The number of nitrogens with zero attached hydrogens (tertiary/aromatic N) is 2. The molecule has 0 radical (unpaired) electrons. The van der Waals surface area contributed by atoms with Crippen molar-refractivity contribution in [2.24, 2.45) is 0 Å². The first-order valence-electron chi connectivity index (χ1n) is 5.57. The largest absolute Gasteiger partial charge is 0.357 e. The van der Waals surface area contributed by atoms with Gasteiger partial charge in [0.15, 0.2) is 0 Å². The zero-order valence-electron chi connectivity index (χ0n) is 8.94. The predicted octanol–water partition coefficient (Wildman–Crippen LogP) is 1.52. The van der Waals surface area contributed by atoms with E-state index in [0.717, 1.165) is 29.8 Å². The lowest BCUT2D eigenvalue weighted by Gasteiger charge is -2.16. The number of aromatic amines is 1. The molecule has 0 amide bonds. The van der Waals surface area contributed by atoms with Crippen molar-refractivity contribution in [1.29, 1.82) is 0 Å². The number of H-pyrrole nitrogens is 1. The van der Waals surface area contributed by atoms with Crippen molar-refractivity contribution in [1.82, 2.24) is 9.97 Å². The molecule has 82 valence electrons. The van der Waals surface area contributed by atoms with Crippen LogP contribution in [0.2, 0.25) is 0 Å². The molecule has 16 heavy (non-hydrogen) atoms. The monoisotopic (exact) mass is 215 g/mol. The molecule has 1 fully saturated rings. The minimum Gasteiger partial charge on any atom is -0.357 e. The number of pyridine rings is 2. The Morgan fingerprint density at radius 2 is 2.06 bits per heavy atom. The van der Waals surface area contributed by atoms with Crippen LogP contribution in [-0.4, -0.2) is 23.1 Å². The number of anilines is 1. The first kappa shape index (κ1) is 9.39. The van der Waals surface area contributed by atoms with Gasteiger partial charge in [0.05, 0.1) is 11.7 Å². The van der Waals surface area contributed by atoms with Gasteiger partial charge in [-0.1, -0.05) is 0 Å². The first-order chi connectivity index (χ1) is 7.83. The van der Waals surface area contributed by atoms with Gasteiger partial charge in [-0.2, -0.15) is 0 Å². The maximum atomic E-state index is 11.1. The van der Waals surface area contributed by atoms with Gasteiger partial charge in [-0.05, 0) is 25.0 Å².